The zero-order chi connectivity index (χ0) is 12.6. The van der Waals surface area contributed by atoms with Crippen LogP contribution in [0.2, 0.25) is 0 Å². The average Bonchev–Trinajstić information content (AvgIpc) is 2.32. The first-order chi connectivity index (χ1) is 7.17. The molecule has 1 amide bonds. The Morgan fingerprint density at radius 3 is 2.31 bits per heavy atom. The van der Waals surface area contributed by atoms with E-state index < -0.39 is 5.72 Å². The first-order valence-electron chi connectivity index (χ1n) is 5.78. The van der Waals surface area contributed by atoms with Gasteiger partial charge in [0.2, 0.25) is 0 Å². The molecule has 1 aliphatic rings. The third-order valence-electron chi connectivity index (χ3n) is 2.65. The summed E-state index contributed by atoms with van der Waals surface area (Å²) < 4.78 is 10.9. The Morgan fingerprint density at radius 1 is 1.38 bits per heavy atom. The second kappa shape index (κ2) is 4.24. The van der Waals surface area contributed by atoms with Crippen LogP contribution < -0.4 is 0 Å². The highest BCUT2D eigenvalue weighted by atomic mass is 16.6. The Balaban J connectivity index is 2.72. The Bertz CT molecular complexity index is 255. The van der Waals surface area contributed by atoms with Crippen LogP contribution >= 0.6 is 0 Å². The van der Waals surface area contributed by atoms with E-state index in [2.05, 4.69) is 0 Å². The molecule has 4 heteroatoms. The van der Waals surface area contributed by atoms with Crippen LogP contribution in [0.4, 0.5) is 4.79 Å². The molecule has 0 aromatic carbocycles. The fourth-order valence-electron chi connectivity index (χ4n) is 1.98. The summed E-state index contributed by atoms with van der Waals surface area (Å²) >= 11 is 0. The molecule has 1 aliphatic heterocycles. The third-order valence-corrected chi connectivity index (χ3v) is 2.65. The SMILES string of the molecule is CC(C)COC(=O)N1C(C)(C)COC1(C)C. The van der Waals surface area contributed by atoms with E-state index in [1.165, 1.54) is 0 Å². The lowest BCUT2D eigenvalue weighted by atomic mass is 10.0. The van der Waals surface area contributed by atoms with Gasteiger partial charge < -0.3 is 9.47 Å². The normalized spacial score (nSPS) is 22.6. The zero-order valence-corrected chi connectivity index (χ0v) is 11.2. The summed E-state index contributed by atoms with van der Waals surface area (Å²) in [5.74, 6) is 0.346. The molecule has 0 aliphatic carbocycles. The van der Waals surface area contributed by atoms with Gasteiger partial charge in [0, 0.05) is 0 Å². The van der Waals surface area contributed by atoms with E-state index in [1.807, 2.05) is 41.5 Å². The van der Waals surface area contributed by atoms with E-state index in [1.54, 1.807) is 4.90 Å². The van der Waals surface area contributed by atoms with Crippen LogP contribution in [0.5, 0.6) is 0 Å². The molecule has 0 unspecified atom stereocenters. The zero-order valence-electron chi connectivity index (χ0n) is 11.2. The minimum absolute atomic E-state index is 0.291. The molecule has 16 heavy (non-hydrogen) atoms. The van der Waals surface area contributed by atoms with Gasteiger partial charge >= 0.3 is 6.09 Å². The molecule has 0 aromatic rings. The largest absolute Gasteiger partial charge is 0.449 e. The maximum atomic E-state index is 12.0. The second-order valence-electron chi connectivity index (χ2n) is 5.85. The first-order valence-corrected chi connectivity index (χ1v) is 5.78. The summed E-state index contributed by atoms with van der Waals surface area (Å²) in [6.07, 6.45) is -0.291. The molecule has 0 saturated carbocycles. The molecule has 0 atom stereocenters. The number of nitrogens with zero attached hydrogens (tertiary/aromatic N) is 1. The lowest BCUT2D eigenvalue weighted by Gasteiger charge is -2.36. The van der Waals surface area contributed by atoms with Gasteiger partial charge in [-0.3, -0.25) is 4.90 Å². The predicted octanol–water partition coefficient (Wildman–Crippen LogP) is 2.63. The molecule has 1 saturated heterocycles. The van der Waals surface area contributed by atoms with Crippen molar-refractivity contribution in [3.8, 4) is 0 Å². The number of carbonyl (C=O) groups is 1. The van der Waals surface area contributed by atoms with Crippen LogP contribution in [-0.4, -0.2) is 35.5 Å². The van der Waals surface area contributed by atoms with Crippen molar-refractivity contribution in [3.63, 3.8) is 0 Å². The molecule has 4 nitrogen and oxygen atoms in total. The van der Waals surface area contributed by atoms with Crippen molar-refractivity contribution in [2.75, 3.05) is 13.2 Å². The monoisotopic (exact) mass is 229 g/mol. The van der Waals surface area contributed by atoms with E-state index in [9.17, 15) is 4.79 Å². The number of hydrogen-bond acceptors (Lipinski definition) is 3. The van der Waals surface area contributed by atoms with Crippen LogP contribution in [0.15, 0.2) is 0 Å². The van der Waals surface area contributed by atoms with Gasteiger partial charge in [0.15, 0.2) is 0 Å². The van der Waals surface area contributed by atoms with Crippen molar-refractivity contribution in [3.05, 3.63) is 0 Å². The molecule has 1 heterocycles. The van der Waals surface area contributed by atoms with E-state index in [0.29, 0.717) is 19.1 Å². The summed E-state index contributed by atoms with van der Waals surface area (Å²) in [5.41, 5.74) is -0.894. The molecule has 0 radical (unpaired) electrons. The van der Waals surface area contributed by atoms with Gasteiger partial charge in [-0.2, -0.15) is 0 Å². The van der Waals surface area contributed by atoms with E-state index in [4.69, 9.17) is 9.47 Å². The van der Waals surface area contributed by atoms with Gasteiger partial charge in [0.25, 0.3) is 0 Å². The standard InChI is InChI=1S/C12H23NO3/c1-9(2)7-15-10(14)13-11(3,4)8-16-12(13,5)6/h9H,7-8H2,1-6H3. The molecule has 1 rings (SSSR count). The summed E-state index contributed by atoms with van der Waals surface area (Å²) in [7, 11) is 0. The highest BCUT2D eigenvalue weighted by Gasteiger charge is 2.49. The number of amides is 1. The first kappa shape index (κ1) is 13.3. The van der Waals surface area contributed by atoms with Crippen LogP contribution in [-0.2, 0) is 9.47 Å². The third kappa shape index (κ3) is 2.67. The molecule has 0 bridgehead atoms. The van der Waals surface area contributed by atoms with Gasteiger partial charge in [0.05, 0.1) is 18.8 Å². The van der Waals surface area contributed by atoms with Crippen molar-refractivity contribution in [2.24, 2.45) is 5.92 Å². The summed E-state index contributed by atoms with van der Waals surface area (Å²) in [5, 5.41) is 0. The highest BCUT2D eigenvalue weighted by Crippen LogP contribution is 2.34. The maximum Gasteiger partial charge on any atom is 0.412 e. The van der Waals surface area contributed by atoms with Crippen molar-refractivity contribution in [1.82, 2.24) is 4.90 Å². The second-order valence-corrected chi connectivity index (χ2v) is 5.85. The van der Waals surface area contributed by atoms with E-state index in [-0.39, 0.29) is 11.6 Å². The Hall–Kier alpha value is -0.770. The number of ether oxygens (including phenoxy) is 2. The quantitative estimate of drug-likeness (QED) is 0.730. The Kier molecular flexibility index (Phi) is 3.53. The molecule has 0 aromatic heterocycles. The van der Waals surface area contributed by atoms with E-state index >= 15 is 0 Å². The van der Waals surface area contributed by atoms with Gasteiger partial charge in [-0.25, -0.2) is 4.79 Å². The van der Waals surface area contributed by atoms with Gasteiger partial charge in [-0.05, 0) is 33.6 Å². The lowest BCUT2D eigenvalue weighted by molar-refractivity contribution is -0.0530. The topological polar surface area (TPSA) is 38.8 Å². The van der Waals surface area contributed by atoms with E-state index in [0.717, 1.165) is 0 Å². The van der Waals surface area contributed by atoms with Crippen LogP contribution in [0.3, 0.4) is 0 Å². The summed E-state index contributed by atoms with van der Waals surface area (Å²) in [6.45, 7) is 12.8. The summed E-state index contributed by atoms with van der Waals surface area (Å²) in [6, 6.07) is 0. The van der Waals surface area contributed by atoms with Crippen molar-refractivity contribution < 1.29 is 14.3 Å². The average molecular weight is 229 g/mol. The lowest BCUT2D eigenvalue weighted by Crippen LogP contribution is -2.53. The predicted molar refractivity (Wildman–Crippen MR) is 62.1 cm³/mol. The van der Waals surface area contributed by atoms with Gasteiger partial charge in [-0.1, -0.05) is 13.8 Å². The van der Waals surface area contributed by atoms with Crippen LogP contribution in [0.1, 0.15) is 41.5 Å². The Morgan fingerprint density at radius 2 is 1.94 bits per heavy atom. The van der Waals surface area contributed by atoms with Gasteiger partial charge in [-0.15, -0.1) is 0 Å². The minimum Gasteiger partial charge on any atom is -0.449 e. The molecule has 0 N–H and O–H groups in total. The van der Waals surface area contributed by atoms with Crippen molar-refractivity contribution in [2.45, 2.75) is 52.8 Å². The smallest absolute Gasteiger partial charge is 0.412 e. The van der Waals surface area contributed by atoms with Gasteiger partial charge in [0.1, 0.15) is 5.72 Å². The maximum absolute atomic E-state index is 12.0. The molecule has 94 valence electrons. The minimum atomic E-state index is -0.586. The van der Waals surface area contributed by atoms with Crippen molar-refractivity contribution >= 4 is 6.09 Å². The molecular weight excluding hydrogens is 206 g/mol. The molecule has 0 spiro atoms. The Labute approximate surface area is 97.9 Å². The highest BCUT2D eigenvalue weighted by molar-refractivity contribution is 5.69. The fourth-order valence-corrected chi connectivity index (χ4v) is 1.98. The fraction of sp³-hybridized carbons (Fsp3) is 0.917. The van der Waals surface area contributed by atoms with Crippen LogP contribution in [0.25, 0.3) is 0 Å². The summed E-state index contributed by atoms with van der Waals surface area (Å²) in [4.78, 5) is 13.7. The van der Waals surface area contributed by atoms with Crippen LogP contribution in [0, 0.1) is 5.92 Å². The molecular formula is C12H23NO3. The molecule has 1 fully saturated rings. The number of carbonyl (C=O) groups excluding carboxylic acids is 1. The number of rotatable bonds is 2. The van der Waals surface area contributed by atoms with Crippen molar-refractivity contribution in [1.29, 1.82) is 0 Å². The number of hydrogen-bond donors (Lipinski definition) is 0.